The second-order valence-corrected chi connectivity index (χ2v) is 11.2. The third-order valence-corrected chi connectivity index (χ3v) is 8.41. The molecule has 0 radical (unpaired) electrons. The Morgan fingerprint density at radius 3 is 2.77 bits per heavy atom. The molecule has 9 heteroatoms. The van der Waals surface area contributed by atoms with Gasteiger partial charge in [0, 0.05) is 43.0 Å². The van der Waals surface area contributed by atoms with Crippen molar-refractivity contribution in [2.24, 2.45) is 0 Å². The Kier molecular flexibility index (Phi) is 10.1. The van der Waals surface area contributed by atoms with Crippen molar-refractivity contribution >= 4 is 34.2 Å². The van der Waals surface area contributed by atoms with Crippen LogP contribution in [0.4, 0.5) is 11.6 Å². The van der Waals surface area contributed by atoms with E-state index in [2.05, 4.69) is 56.9 Å². The lowest BCUT2D eigenvalue weighted by Gasteiger charge is -2.26. The number of methoxy groups -OCH3 is 1. The largest absolute Gasteiger partial charge is 0.497 e. The van der Waals surface area contributed by atoms with Gasteiger partial charge in [-0.25, -0.2) is 9.97 Å². The molecule has 3 heterocycles. The standard InChI is InChI=1S/C31H37N5O3S/c1-38-26-6-2-4-24(22-26)5-3-15-32-30(37)29-12-11-28(40-29)27-13-16-33-31(35-27)34-25-9-7-23(8-10-25)14-17-36-18-20-39-21-19-36/h2,4,6-11,13,16,22,29H,3,5,12,14-15,17-21H2,1H3,(H,32,37)(H,33,34,35). The van der Waals surface area contributed by atoms with Gasteiger partial charge in [-0.2, -0.15) is 0 Å². The number of anilines is 2. The summed E-state index contributed by atoms with van der Waals surface area (Å²) in [5.41, 5.74) is 4.30. The Morgan fingerprint density at radius 1 is 1.10 bits per heavy atom. The molecule has 2 aliphatic heterocycles. The Balaban J connectivity index is 1.06. The topological polar surface area (TPSA) is 88.6 Å². The van der Waals surface area contributed by atoms with E-state index in [9.17, 15) is 4.79 Å². The first-order valence-corrected chi connectivity index (χ1v) is 14.8. The summed E-state index contributed by atoms with van der Waals surface area (Å²) >= 11 is 1.57. The zero-order valence-corrected chi connectivity index (χ0v) is 23.8. The maximum atomic E-state index is 12.8. The van der Waals surface area contributed by atoms with Crippen molar-refractivity contribution in [2.75, 3.05) is 51.8 Å². The lowest BCUT2D eigenvalue weighted by Crippen LogP contribution is -2.37. The molecule has 40 heavy (non-hydrogen) atoms. The molecule has 1 fully saturated rings. The number of nitrogens with one attached hydrogen (secondary N) is 2. The SMILES string of the molecule is COc1cccc(CCCNC(=O)C2CC=C(c3ccnc(Nc4ccc(CCN5CCOCC5)cc4)n3)S2)c1. The molecule has 2 N–H and O–H groups in total. The third kappa shape index (κ3) is 8.06. The number of rotatable bonds is 12. The van der Waals surface area contributed by atoms with Gasteiger partial charge in [-0.1, -0.05) is 30.3 Å². The number of hydrogen-bond donors (Lipinski definition) is 2. The van der Waals surface area contributed by atoms with Gasteiger partial charge >= 0.3 is 0 Å². The van der Waals surface area contributed by atoms with Crippen LogP contribution in [0, 0.1) is 0 Å². The molecular formula is C31H37N5O3S. The molecule has 2 aliphatic rings. The fraction of sp³-hybridized carbons (Fsp3) is 0.387. The predicted molar refractivity (Wildman–Crippen MR) is 161 cm³/mol. The predicted octanol–water partition coefficient (Wildman–Crippen LogP) is 4.70. The van der Waals surface area contributed by atoms with E-state index in [0.717, 1.165) is 74.1 Å². The van der Waals surface area contributed by atoms with Crippen LogP contribution in [0.1, 0.15) is 29.7 Å². The number of carbonyl (C=O) groups excluding carboxylic acids is 1. The van der Waals surface area contributed by atoms with Gasteiger partial charge in [-0.15, -0.1) is 11.8 Å². The minimum Gasteiger partial charge on any atom is -0.497 e. The zero-order chi connectivity index (χ0) is 27.6. The average Bonchev–Trinajstić information content (AvgIpc) is 3.51. The normalized spacial score (nSPS) is 17.3. The molecule has 0 spiro atoms. The summed E-state index contributed by atoms with van der Waals surface area (Å²) in [6.45, 7) is 5.39. The van der Waals surface area contributed by atoms with Crippen LogP contribution in [0.3, 0.4) is 0 Å². The second-order valence-electron chi connectivity index (χ2n) is 9.95. The monoisotopic (exact) mass is 559 g/mol. The summed E-state index contributed by atoms with van der Waals surface area (Å²) in [6.07, 6.45) is 7.35. The highest BCUT2D eigenvalue weighted by Crippen LogP contribution is 2.38. The molecule has 1 unspecified atom stereocenters. The first kappa shape index (κ1) is 28.1. The van der Waals surface area contributed by atoms with Crippen molar-refractivity contribution in [2.45, 2.75) is 30.9 Å². The number of thioether (sulfide) groups is 1. The molecule has 2 aromatic carbocycles. The minimum absolute atomic E-state index is 0.0722. The van der Waals surface area contributed by atoms with Gasteiger partial charge in [0.2, 0.25) is 11.9 Å². The molecule has 0 aliphatic carbocycles. The van der Waals surface area contributed by atoms with Crippen LogP contribution in [-0.2, 0) is 22.4 Å². The number of amides is 1. The van der Waals surface area contributed by atoms with Gasteiger partial charge in [0.05, 0.1) is 31.3 Å². The summed E-state index contributed by atoms with van der Waals surface area (Å²) < 4.78 is 10.7. The first-order chi connectivity index (χ1) is 19.7. The number of aryl methyl sites for hydroxylation is 1. The van der Waals surface area contributed by atoms with E-state index in [-0.39, 0.29) is 11.2 Å². The van der Waals surface area contributed by atoms with Crippen molar-refractivity contribution in [3.8, 4) is 5.75 Å². The number of morpholine rings is 1. The fourth-order valence-corrected chi connectivity index (χ4v) is 5.90. The molecule has 210 valence electrons. The van der Waals surface area contributed by atoms with Crippen LogP contribution in [0.15, 0.2) is 66.9 Å². The number of carbonyl (C=O) groups is 1. The smallest absolute Gasteiger partial charge is 0.233 e. The summed E-state index contributed by atoms with van der Waals surface area (Å²) in [5.74, 6) is 1.48. The van der Waals surface area contributed by atoms with E-state index >= 15 is 0 Å². The number of nitrogens with zero attached hydrogens (tertiary/aromatic N) is 3. The van der Waals surface area contributed by atoms with Crippen LogP contribution < -0.4 is 15.4 Å². The molecule has 1 atom stereocenters. The van der Waals surface area contributed by atoms with Gasteiger partial charge < -0.3 is 20.1 Å². The van der Waals surface area contributed by atoms with Crippen LogP contribution in [0.2, 0.25) is 0 Å². The highest BCUT2D eigenvalue weighted by atomic mass is 32.2. The Hall–Kier alpha value is -3.40. The molecule has 5 rings (SSSR count). The average molecular weight is 560 g/mol. The van der Waals surface area contributed by atoms with Crippen LogP contribution in [-0.4, -0.2) is 72.5 Å². The highest BCUT2D eigenvalue weighted by molar-refractivity contribution is 8.09. The Morgan fingerprint density at radius 2 is 1.95 bits per heavy atom. The molecule has 8 nitrogen and oxygen atoms in total. The maximum absolute atomic E-state index is 12.8. The van der Waals surface area contributed by atoms with E-state index < -0.39 is 0 Å². The Bertz CT molecular complexity index is 1290. The van der Waals surface area contributed by atoms with Crippen molar-refractivity contribution in [1.82, 2.24) is 20.2 Å². The van der Waals surface area contributed by atoms with Gasteiger partial charge in [0.15, 0.2) is 0 Å². The van der Waals surface area contributed by atoms with E-state index in [0.29, 0.717) is 18.9 Å². The molecule has 3 aromatic rings. The van der Waals surface area contributed by atoms with Crippen LogP contribution >= 0.6 is 11.8 Å². The van der Waals surface area contributed by atoms with E-state index in [1.165, 1.54) is 11.1 Å². The Labute approximate surface area is 240 Å². The summed E-state index contributed by atoms with van der Waals surface area (Å²) in [5, 5.41) is 6.27. The second kappa shape index (κ2) is 14.3. The first-order valence-electron chi connectivity index (χ1n) is 13.9. The van der Waals surface area contributed by atoms with E-state index in [4.69, 9.17) is 14.5 Å². The van der Waals surface area contributed by atoms with Gasteiger partial charge in [0.1, 0.15) is 5.75 Å². The van der Waals surface area contributed by atoms with Crippen LogP contribution in [0.25, 0.3) is 4.91 Å². The highest BCUT2D eigenvalue weighted by Gasteiger charge is 2.26. The molecule has 0 bridgehead atoms. The molecular weight excluding hydrogens is 522 g/mol. The molecule has 1 amide bonds. The van der Waals surface area contributed by atoms with Crippen molar-refractivity contribution in [1.29, 1.82) is 0 Å². The summed E-state index contributed by atoms with van der Waals surface area (Å²) in [4.78, 5) is 25.3. The minimum atomic E-state index is -0.136. The van der Waals surface area contributed by atoms with Crippen LogP contribution in [0.5, 0.6) is 5.75 Å². The molecule has 0 saturated carbocycles. The number of hydrogen-bond acceptors (Lipinski definition) is 8. The zero-order valence-electron chi connectivity index (χ0n) is 23.0. The molecule has 1 aromatic heterocycles. The van der Waals surface area contributed by atoms with E-state index in [1.54, 1.807) is 25.1 Å². The summed E-state index contributed by atoms with van der Waals surface area (Å²) in [7, 11) is 1.67. The lowest BCUT2D eigenvalue weighted by molar-refractivity contribution is -0.120. The molecule has 1 saturated heterocycles. The van der Waals surface area contributed by atoms with Crippen molar-refractivity contribution < 1.29 is 14.3 Å². The number of allylic oxidation sites excluding steroid dienone is 1. The third-order valence-electron chi connectivity index (χ3n) is 7.09. The van der Waals surface area contributed by atoms with Gasteiger partial charge in [-0.05, 0) is 67.1 Å². The van der Waals surface area contributed by atoms with Crippen molar-refractivity contribution in [3.63, 3.8) is 0 Å². The number of benzene rings is 2. The van der Waals surface area contributed by atoms with Gasteiger partial charge in [0.25, 0.3) is 0 Å². The quantitative estimate of drug-likeness (QED) is 0.309. The number of aromatic nitrogens is 2. The van der Waals surface area contributed by atoms with Crippen molar-refractivity contribution in [3.05, 3.63) is 83.7 Å². The maximum Gasteiger partial charge on any atom is 0.233 e. The number of ether oxygens (including phenoxy) is 2. The lowest BCUT2D eigenvalue weighted by atomic mass is 10.1. The van der Waals surface area contributed by atoms with E-state index in [1.807, 2.05) is 24.3 Å². The summed E-state index contributed by atoms with van der Waals surface area (Å²) in [6, 6.07) is 18.4. The fourth-order valence-electron chi connectivity index (χ4n) is 4.79. The van der Waals surface area contributed by atoms with Gasteiger partial charge in [-0.3, -0.25) is 9.69 Å².